The molecule has 5 nitrogen and oxygen atoms in total. The highest BCUT2D eigenvalue weighted by Gasteiger charge is 2.46. The third-order valence-corrected chi connectivity index (χ3v) is 4.12. The molecule has 24 heavy (non-hydrogen) atoms. The van der Waals surface area contributed by atoms with Crippen molar-refractivity contribution < 1.29 is 19.1 Å². The van der Waals surface area contributed by atoms with Gasteiger partial charge in [-0.1, -0.05) is 31.5 Å². The van der Waals surface area contributed by atoms with Crippen LogP contribution in [-0.2, 0) is 9.59 Å². The number of benzene rings is 1. The molecule has 1 N–H and O–H groups in total. The molecule has 0 fully saturated rings. The third-order valence-electron chi connectivity index (χ3n) is 4.12. The molecule has 1 aliphatic heterocycles. The number of hydrogen-bond acceptors (Lipinski definition) is 4. The van der Waals surface area contributed by atoms with Crippen molar-refractivity contribution in [3.63, 3.8) is 0 Å². The van der Waals surface area contributed by atoms with Crippen molar-refractivity contribution in [3.8, 4) is 0 Å². The number of carbonyl (C=O) groups is 2. The Kier molecular flexibility index (Phi) is 4.01. The fourth-order valence-corrected chi connectivity index (χ4v) is 2.86. The summed E-state index contributed by atoms with van der Waals surface area (Å²) in [5.41, 5.74) is 1.74. The Morgan fingerprint density at radius 2 is 1.88 bits per heavy atom. The molecular formula is C19H19NO4. The van der Waals surface area contributed by atoms with Crippen molar-refractivity contribution in [1.82, 2.24) is 0 Å². The molecule has 0 spiro atoms. The fourth-order valence-electron chi connectivity index (χ4n) is 2.86. The first-order valence-electron chi connectivity index (χ1n) is 7.82. The number of aliphatic hydroxyl groups is 1. The Morgan fingerprint density at radius 3 is 2.42 bits per heavy atom. The molecule has 0 aliphatic carbocycles. The standard InChI is InChI=1S/C19H19NO4/c1-11(2)17(21)15-16(14-5-4-10-24-14)20(19(23)18(15)22)13-8-6-12(3)7-9-13/h4-11,16,22H,1-3H3. The molecule has 1 unspecified atom stereocenters. The topological polar surface area (TPSA) is 70.8 Å². The van der Waals surface area contributed by atoms with E-state index >= 15 is 0 Å². The second-order valence-corrected chi connectivity index (χ2v) is 6.21. The summed E-state index contributed by atoms with van der Waals surface area (Å²) < 4.78 is 5.46. The summed E-state index contributed by atoms with van der Waals surface area (Å²) in [7, 11) is 0. The van der Waals surface area contributed by atoms with Crippen molar-refractivity contribution in [1.29, 1.82) is 0 Å². The van der Waals surface area contributed by atoms with Crippen LogP contribution in [0.25, 0.3) is 0 Å². The Bertz CT molecular complexity index is 800. The van der Waals surface area contributed by atoms with Gasteiger partial charge in [-0.05, 0) is 31.2 Å². The summed E-state index contributed by atoms with van der Waals surface area (Å²) in [6.07, 6.45) is 1.49. The Morgan fingerprint density at radius 1 is 1.21 bits per heavy atom. The van der Waals surface area contributed by atoms with Crippen molar-refractivity contribution in [3.05, 3.63) is 65.3 Å². The smallest absolute Gasteiger partial charge is 0.294 e. The van der Waals surface area contributed by atoms with Crippen LogP contribution in [0.4, 0.5) is 5.69 Å². The first kappa shape index (κ1) is 16.1. The molecule has 5 heteroatoms. The number of aryl methyl sites for hydroxylation is 1. The van der Waals surface area contributed by atoms with Gasteiger partial charge in [0.2, 0.25) is 0 Å². The third kappa shape index (κ3) is 2.52. The van der Waals surface area contributed by atoms with E-state index < -0.39 is 17.7 Å². The van der Waals surface area contributed by atoms with E-state index in [9.17, 15) is 14.7 Å². The van der Waals surface area contributed by atoms with Gasteiger partial charge in [0.05, 0.1) is 11.8 Å². The number of carbonyl (C=O) groups excluding carboxylic acids is 2. The van der Waals surface area contributed by atoms with E-state index in [2.05, 4.69) is 0 Å². The molecule has 1 aromatic carbocycles. The number of aliphatic hydroxyl groups excluding tert-OH is 1. The van der Waals surface area contributed by atoms with Gasteiger partial charge in [0, 0.05) is 11.6 Å². The quantitative estimate of drug-likeness (QED) is 0.930. The Balaban J connectivity index is 2.15. The van der Waals surface area contributed by atoms with E-state index in [4.69, 9.17) is 4.42 Å². The molecule has 0 radical (unpaired) electrons. The van der Waals surface area contributed by atoms with Gasteiger partial charge in [-0.25, -0.2) is 0 Å². The van der Waals surface area contributed by atoms with E-state index in [0.29, 0.717) is 11.4 Å². The predicted molar refractivity (Wildman–Crippen MR) is 89.6 cm³/mol. The van der Waals surface area contributed by atoms with E-state index in [1.54, 1.807) is 38.1 Å². The van der Waals surface area contributed by atoms with Crippen molar-refractivity contribution in [2.75, 3.05) is 4.90 Å². The molecule has 3 rings (SSSR count). The second kappa shape index (κ2) is 6.00. The van der Waals surface area contributed by atoms with E-state index in [0.717, 1.165) is 5.56 Å². The Labute approximate surface area is 140 Å². The SMILES string of the molecule is Cc1ccc(N2C(=O)C(O)=C(C(=O)C(C)C)C2c2ccco2)cc1. The highest BCUT2D eigenvalue weighted by atomic mass is 16.3. The van der Waals surface area contributed by atoms with Crippen LogP contribution < -0.4 is 4.90 Å². The summed E-state index contributed by atoms with van der Waals surface area (Å²) in [4.78, 5) is 26.7. The number of hydrogen-bond donors (Lipinski definition) is 1. The summed E-state index contributed by atoms with van der Waals surface area (Å²) in [5.74, 6) is -1.26. The molecule has 0 bridgehead atoms. The van der Waals surface area contributed by atoms with Gasteiger partial charge in [-0.2, -0.15) is 0 Å². The Hall–Kier alpha value is -2.82. The summed E-state index contributed by atoms with van der Waals surface area (Å²) >= 11 is 0. The summed E-state index contributed by atoms with van der Waals surface area (Å²) in [6, 6.07) is 9.97. The van der Waals surface area contributed by atoms with Crippen LogP contribution in [0, 0.1) is 12.8 Å². The molecule has 2 aromatic rings. The molecule has 124 valence electrons. The van der Waals surface area contributed by atoms with Crippen LogP contribution in [0.3, 0.4) is 0 Å². The van der Waals surface area contributed by atoms with Crippen LogP contribution >= 0.6 is 0 Å². The van der Waals surface area contributed by atoms with Crippen molar-refractivity contribution in [2.24, 2.45) is 5.92 Å². The minimum Gasteiger partial charge on any atom is -0.503 e. The van der Waals surface area contributed by atoms with Crippen molar-refractivity contribution >= 4 is 17.4 Å². The maximum Gasteiger partial charge on any atom is 0.294 e. The van der Waals surface area contributed by atoms with Gasteiger partial charge < -0.3 is 9.52 Å². The number of furan rings is 1. The minimum absolute atomic E-state index is 0.0884. The normalized spacial score (nSPS) is 17.9. The zero-order chi connectivity index (χ0) is 17.4. The number of Topliss-reactive ketones (excluding diaryl/α,β-unsaturated/α-hetero) is 1. The van der Waals surface area contributed by atoms with Gasteiger partial charge >= 0.3 is 0 Å². The van der Waals surface area contributed by atoms with Gasteiger partial charge in [-0.15, -0.1) is 0 Å². The maximum absolute atomic E-state index is 12.7. The molecule has 1 aromatic heterocycles. The van der Waals surface area contributed by atoms with Crippen molar-refractivity contribution in [2.45, 2.75) is 26.8 Å². The highest BCUT2D eigenvalue weighted by Crippen LogP contribution is 2.41. The molecule has 0 saturated carbocycles. The van der Waals surface area contributed by atoms with Gasteiger partial charge in [0.1, 0.15) is 11.8 Å². The van der Waals surface area contributed by atoms with E-state index in [-0.39, 0.29) is 17.3 Å². The molecule has 2 heterocycles. The average Bonchev–Trinajstić information content (AvgIpc) is 3.16. The lowest BCUT2D eigenvalue weighted by atomic mass is 9.94. The number of nitrogens with zero attached hydrogens (tertiary/aromatic N) is 1. The lowest BCUT2D eigenvalue weighted by Crippen LogP contribution is -2.31. The zero-order valence-electron chi connectivity index (χ0n) is 13.8. The highest BCUT2D eigenvalue weighted by molar-refractivity contribution is 6.16. The first-order valence-corrected chi connectivity index (χ1v) is 7.82. The zero-order valence-corrected chi connectivity index (χ0v) is 13.8. The van der Waals surface area contributed by atoms with E-state index in [1.165, 1.54) is 11.2 Å². The number of rotatable bonds is 4. The molecule has 1 atom stereocenters. The van der Waals surface area contributed by atoms with Crippen LogP contribution in [0.5, 0.6) is 0 Å². The summed E-state index contributed by atoms with van der Waals surface area (Å²) in [6.45, 7) is 5.42. The van der Waals surface area contributed by atoms with Gasteiger partial charge in [0.15, 0.2) is 11.5 Å². The minimum atomic E-state index is -0.759. The van der Waals surface area contributed by atoms with Crippen LogP contribution in [0.15, 0.2) is 58.4 Å². The molecule has 1 aliphatic rings. The lowest BCUT2D eigenvalue weighted by molar-refractivity contribution is -0.119. The van der Waals surface area contributed by atoms with E-state index in [1.807, 2.05) is 19.1 Å². The van der Waals surface area contributed by atoms with Gasteiger partial charge in [-0.3, -0.25) is 14.5 Å². The van der Waals surface area contributed by atoms with Gasteiger partial charge in [0.25, 0.3) is 5.91 Å². The first-order chi connectivity index (χ1) is 11.4. The molecule has 1 amide bonds. The fraction of sp³-hybridized carbons (Fsp3) is 0.263. The molecule has 0 saturated heterocycles. The van der Waals surface area contributed by atoms with Crippen LogP contribution in [0.2, 0.25) is 0 Å². The number of anilines is 1. The number of amides is 1. The monoisotopic (exact) mass is 325 g/mol. The van der Waals surface area contributed by atoms with Crippen LogP contribution in [0.1, 0.15) is 31.2 Å². The average molecular weight is 325 g/mol. The maximum atomic E-state index is 12.7. The second-order valence-electron chi connectivity index (χ2n) is 6.21. The number of ketones is 1. The summed E-state index contributed by atoms with van der Waals surface area (Å²) in [5, 5.41) is 10.4. The lowest BCUT2D eigenvalue weighted by Gasteiger charge is -2.25. The largest absolute Gasteiger partial charge is 0.503 e. The van der Waals surface area contributed by atoms with Crippen LogP contribution in [-0.4, -0.2) is 16.8 Å². The molecular weight excluding hydrogens is 306 g/mol. The predicted octanol–water partition coefficient (Wildman–Crippen LogP) is 3.71.